The number of benzene rings is 2. The topological polar surface area (TPSA) is 12.0 Å². The smallest absolute Gasteiger partial charge is 0.123 e. The molecule has 1 atom stereocenters. The number of aryl methyl sites for hydroxylation is 1. The number of rotatable bonds is 4. The van der Waals surface area contributed by atoms with Crippen LogP contribution in [-0.4, -0.2) is 7.05 Å². The van der Waals surface area contributed by atoms with Crippen LogP contribution < -0.4 is 5.32 Å². The highest BCUT2D eigenvalue weighted by Crippen LogP contribution is 2.27. The van der Waals surface area contributed by atoms with Crippen molar-refractivity contribution in [3.8, 4) is 0 Å². The standard InChI is InChI=1S/C16H16BrClFN/c1-10-7-12(18)3-5-14(10)16(20-2)9-11-8-13(19)4-6-15(11)17/h3-8,16,20H,9H2,1-2H3. The van der Waals surface area contributed by atoms with Gasteiger partial charge in [-0.25, -0.2) is 4.39 Å². The minimum Gasteiger partial charge on any atom is -0.313 e. The van der Waals surface area contributed by atoms with Gasteiger partial charge in [-0.3, -0.25) is 0 Å². The fourth-order valence-electron chi connectivity index (χ4n) is 2.32. The molecule has 0 saturated carbocycles. The SMILES string of the molecule is CNC(Cc1cc(F)ccc1Br)c1ccc(Cl)cc1C. The Balaban J connectivity index is 2.31. The maximum absolute atomic E-state index is 13.4. The summed E-state index contributed by atoms with van der Waals surface area (Å²) in [6.07, 6.45) is 0.706. The van der Waals surface area contributed by atoms with Crippen molar-refractivity contribution in [2.45, 2.75) is 19.4 Å². The molecule has 0 saturated heterocycles. The average Bonchev–Trinajstić information content (AvgIpc) is 2.40. The fourth-order valence-corrected chi connectivity index (χ4v) is 2.95. The minimum atomic E-state index is -0.217. The molecule has 0 aliphatic heterocycles. The maximum Gasteiger partial charge on any atom is 0.123 e. The van der Waals surface area contributed by atoms with Crippen LogP contribution in [0.5, 0.6) is 0 Å². The van der Waals surface area contributed by atoms with Crippen LogP contribution in [0.25, 0.3) is 0 Å². The number of likely N-dealkylation sites (N-methyl/N-ethyl adjacent to an activating group) is 1. The van der Waals surface area contributed by atoms with Crippen LogP contribution in [0, 0.1) is 12.7 Å². The first kappa shape index (κ1) is 15.5. The Labute approximate surface area is 132 Å². The lowest BCUT2D eigenvalue weighted by molar-refractivity contribution is 0.580. The lowest BCUT2D eigenvalue weighted by Crippen LogP contribution is -2.20. The van der Waals surface area contributed by atoms with Gasteiger partial charge < -0.3 is 5.32 Å². The van der Waals surface area contributed by atoms with Crippen molar-refractivity contribution >= 4 is 27.5 Å². The summed E-state index contributed by atoms with van der Waals surface area (Å²) in [5.74, 6) is -0.217. The molecule has 0 heterocycles. The molecule has 20 heavy (non-hydrogen) atoms. The van der Waals surface area contributed by atoms with E-state index in [9.17, 15) is 4.39 Å². The van der Waals surface area contributed by atoms with E-state index in [-0.39, 0.29) is 11.9 Å². The Morgan fingerprint density at radius 3 is 2.65 bits per heavy atom. The van der Waals surface area contributed by atoms with Crippen molar-refractivity contribution in [3.05, 3.63) is 68.4 Å². The van der Waals surface area contributed by atoms with Crippen molar-refractivity contribution in [1.29, 1.82) is 0 Å². The van der Waals surface area contributed by atoms with Crippen LogP contribution in [0.15, 0.2) is 40.9 Å². The van der Waals surface area contributed by atoms with Gasteiger partial charge in [0, 0.05) is 15.5 Å². The van der Waals surface area contributed by atoms with Gasteiger partial charge in [-0.1, -0.05) is 33.6 Å². The Morgan fingerprint density at radius 2 is 2.00 bits per heavy atom. The molecule has 4 heteroatoms. The molecule has 0 aromatic heterocycles. The Kier molecular flexibility index (Phi) is 5.19. The zero-order valence-corrected chi connectivity index (χ0v) is 13.7. The molecule has 2 aromatic rings. The third-order valence-electron chi connectivity index (χ3n) is 3.39. The zero-order chi connectivity index (χ0) is 14.7. The van der Waals surface area contributed by atoms with Crippen molar-refractivity contribution in [1.82, 2.24) is 5.32 Å². The number of nitrogens with one attached hydrogen (secondary N) is 1. The van der Waals surface area contributed by atoms with Crippen LogP contribution >= 0.6 is 27.5 Å². The van der Waals surface area contributed by atoms with Gasteiger partial charge in [0.25, 0.3) is 0 Å². The summed E-state index contributed by atoms with van der Waals surface area (Å²) in [4.78, 5) is 0. The van der Waals surface area contributed by atoms with E-state index in [4.69, 9.17) is 11.6 Å². The van der Waals surface area contributed by atoms with Crippen molar-refractivity contribution in [2.24, 2.45) is 0 Å². The summed E-state index contributed by atoms with van der Waals surface area (Å²) < 4.78 is 14.3. The molecular weight excluding hydrogens is 341 g/mol. The van der Waals surface area contributed by atoms with Crippen molar-refractivity contribution in [3.63, 3.8) is 0 Å². The lowest BCUT2D eigenvalue weighted by atomic mass is 9.95. The van der Waals surface area contributed by atoms with Gasteiger partial charge in [0.15, 0.2) is 0 Å². The predicted molar refractivity (Wildman–Crippen MR) is 85.8 cm³/mol. The number of halogens is 3. The van der Waals surface area contributed by atoms with Crippen LogP contribution in [-0.2, 0) is 6.42 Å². The van der Waals surface area contributed by atoms with Gasteiger partial charge in [-0.05, 0) is 67.4 Å². The monoisotopic (exact) mass is 355 g/mol. The average molecular weight is 357 g/mol. The number of hydrogen-bond acceptors (Lipinski definition) is 1. The maximum atomic E-state index is 13.4. The van der Waals surface area contributed by atoms with Gasteiger partial charge in [0.2, 0.25) is 0 Å². The number of hydrogen-bond donors (Lipinski definition) is 1. The van der Waals surface area contributed by atoms with Gasteiger partial charge >= 0.3 is 0 Å². The molecule has 1 unspecified atom stereocenters. The molecule has 0 fully saturated rings. The summed E-state index contributed by atoms with van der Waals surface area (Å²) in [7, 11) is 1.91. The molecule has 0 radical (unpaired) electrons. The lowest BCUT2D eigenvalue weighted by Gasteiger charge is -2.20. The fraction of sp³-hybridized carbons (Fsp3) is 0.250. The van der Waals surface area contributed by atoms with Crippen molar-refractivity contribution < 1.29 is 4.39 Å². The van der Waals surface area contributed by atoms with E-state index in [1.165, 1.54) is 11.6 Å². The van der Waals surface area contributed by atoms with E-state index in [0.29, 0.717) is 6.42 Å². The van der Waals surface area contributed by atoms with E-state index in [1.807, 2.05) is 32.2 Å². The summed E-state index contributed by atoms with van der Waals surface area (Å²) >= 11 is 9.47. The van der Waals surface area contributed by atoms with E-state index < -0.39 is 0 Å². The third-order valence-corrected chi connectivity index (χ3v) is 4.40. The third kappa shape index (κ3) is 3.60. The summed E-state index contributed by atoms with van der Waals surface area (Å²) in [6, 6.07) is 10.7. The molecule has 0 bridgehead atoms. The van der Waals surface area contributed by atoms with Crippen LogP contribution in [0.4, 0.5) is 4.39 Å². The Morgan fingerprint density at radius 1 is 1.25 bits per heavy atom. The summed E-state index contributed by atoms with van der Waals surface area (Å²) in [5, 5.41) is 4.02. The highest BCUT2D eigenvalue weighted by molar-refractivity contribution is 9.10. The van der Waals surface area contributed by atoms with Crippen LogP contribution in [0.2, 0.25) is 5.02 Å². The second-order valence-corrected chi connectivity index (χ2v) is 6.07. The molecule has 0 aliphatic carbocycles. The molecule has 2 aromatic carbocycles. The van der Waals surface area contributed by atoms with E-state index >= 15 is 0 Å². The van der Waals surface area contributed by atoms with Gasteiger partial charge in [0.1, 0.15) is 5.82 Å². The Bertz CT molecular complexity index is 615. The zero-order valence-electron chi connectivity index (χ0n) is 11.4. The summed E-state index contributed by atoms with van der Waals surface area (Å²) in [5.41, 5.74) is 3.25. The van der Waals surface area contributed by atoms with E-state index in [1.54, 1.807) is 12.1 Å². The Hall–Kier alpha value is -0.900. The minimum absolute atomic E-state index is 0.116. The summed E-state index contributed by atoms with van der Waals surface area (Å²) in [6.45, 7) is 2.03. The molecule has 1 N–H and O–H groups in total. The normalized spacial score (nSPS) is 12.4. The molecule has 2 rings (SSSR count). The quantitative estimate of drug-likeness (QED) is 0.808. The van der Waals surface area contributed by atoms with E-state index in [2.05, 4.69) is 21.2 Å². The van der Waals surface area contributed by atoms with E-state index in [0.717, 1.165) is 20.6 Å². The second-order valence-electron chi connectivity index (χ2n) is 4.78. The molecule has 1 nitrogen and oxygen atoms in total. The molecule has 106 valence electrons. The molecule has 0 amide bonds. The first-order chi connectivity index (χ1) is 9.51. The highest BCUT2D eigenvalue weighted by atomic mass is 79.9. The largest absolute Gasteiger partial charge is 0.313 e. The highest BCUT2D eigenvalue weighted by Gasteiger charge is 2.15. The second kappa shape index (κ2) is 6.70. The first-order valence-electron chi connectivity index (χ1n) is 6.38. The first-order valence-corrected chi connectivity index (χ1v) is 7.55. The van der Waals surface area contributed by atoms with Crippen LogP contribution in [0.1, 0.15) is 22.7 Å². The van der Waals surface area contributed by atoms with Gasteiger partial charge in [-0.2, -0.15) is 0 Å². The van der Waals surface area contributed by atoms with Crippen LogP contribution in [0.3, 0.4) is 0 Å². The predicted octanol–water partition coefficient (Wildman–Crippen LogP) is 5.05. The molecule has 0 spiro atoms. The molecular formula is C16H16BrClFN. The van der Waals surface area contributed by atoms with Gasteiger partial charge in [-0.15, -0.1) is 0 Å². The molecule has 0 aliphatic rings. The van der Waals surface area contributed by atoms with Gasteiger partial charge in [0.05, 0.1) is 0 Å². The van der Waals surface area contributed by atoms with Crippen molar-refractivity contribution in [2.75, 3.05) is 7.05 Å².